The Hall–Kier alpha value is -1.31. The number of hydrogen-bond acceptors (Lipinski definition) is 2. The van der Waals surface area contributed by atoms with Crippen molar-refractivity contribution in [3.63, 3.8) is 0 Å². The Labute approximate surface area is 104 Å². The molecule has 0 spiro atoms. The van der Waals surface area contributed by atoms with Crippen LogP contribution in [0.2, 0.25) is 0 Å². The van der Waals surface area contributed by atoms with Crippen LogP contribution in [0.5, 0.6) is 0 Å². The van der Waals surface area contributed by atoms with E-state index in [9.17, 15) is 4.79 Å². The van der Waals surface area contributed by atoms with Crippen molar-refractivity contribution < 1.29 is 9.53 Å². The summed E-state index contributed by atoms with van der Waals surface area (Å²) in [7, 11) is 1.45. The number of hydrogen-bond donors (Lipinski definition) is 0. The first kappa shape index (κ1) is 13.8. The topological polar surface area (TPSA) is 26.3 Å². The van der Waals surface area contributed by atoms with Crippen LogP contribution >= 0.6 is 0 Å². The molecule has 0 aliphatic heterocycles. The molecule has 0 aromatic heterocycles. The molecule has 0 saturated heterocycles. The van der Waals surface area contributed by atoms with Crippen molar-refractivity contribution in [3.8, 4) is 0 Å². The van der Waals surface area contributed by atoms with E-state index in [0.717, 1.165) is 18.4 Å². The molecule has 1 rings (SSSR count). The van der Waals surface area contributed by atoms with Crippen LogP contribution in [0.1, 0.15) is 45.1 Å². The fourth-order valence-corrected chi connectivity index (χ4v) is 1.83. The van der Waals surface area contributed by atoms with Crippen LogP contribution in [0, 0.1) is 5.41 Å². The van der Waals surface area contributed by atoms with Crippen LogP contribution in [-0.2, 0) is 9.53 Å². The van der Waals surface area contributed by atoms with Crippen LogP contribution in [0.25, 0.3) is 0 Å². The molecule has 0 aliphatic rings. The quantitative estimate of drug-likeness (QED) is 0.741. The fourth-order valence-electron chi connectivity index (χ4n) is 1.83. The lowest BCUT2D eigenvalue weighted by Crippen LogP contribution is -2.17. The maximum absolute atomic E-state index is 11.8. The van der Waals surface area contributed by atoms with Crippen molar-refractivity contribution in [2.45, 2.75) is 39.5 Å². The third kappa shape index (κ3) is 4.59. The largest absolute Gasteiger partial charge is 0.469 e. The second-order valence-electron chi connectivity index (χ2n) is 5.59. The highest BCUT2D eigenvalue weighted by Crippen LogP contribution is 2.29. The van der Waals surface area contributed by atoms with Crippen molar-refractivity contribution >= 4 is 5.97 Å². The lowest BCUT2D eigenvalue weighted by Gasteiger charge is -2.22. The number of esters is 1. The van der Waals surface area contributed by atoms with E-state index in [2.05, 4.69) is 20.8 Å². The monoisotopic (exact) mass is 234 g/mol. The van der Waals surface area contributed by atoms with Crippen molar-refractivity contribution in [1.82, 2.24) is 0 Å². The highest BCUT2D eigenvalue weighted by Gasteiger charge is 2.23. The number of rotatable bonds is 4. The van der Waals surface area contributed by atoms with Gasteiger partial charge in [-0.2, -0.15) is 0 Å². The second kappa shape index (κ2) is 5.85. The van der Waals surface area contributed by atoms with Gasteiger partial charge in [0.2, 0.25) is 0 Å². The van der Waals surface area contributed by atoms with E-state index in [1.54, 1.807) is 0 Å². The zero-order valence-electron chi connectivity index (χ0n) is 11.2. The van der Waals surface area contributed by atoms with Gasteiger partial charge in [-0.15, -0.1) is 0 Å². The lowest BCUT2D eigenvalue weighted by molar-refractivity contribution is -0.142. The molecule has 1 unspecified atom stereocenters. The number of benzene rings is 1. The lowest BCUT2D eigenvalue weighted by atomic mass is 9.84. The van der Waals surface area contributed by atoms with Crippen LogP contribution in [0.3, 0.4) is 0 Å². The molecule has 1 aromatic carbocycles. The summed E-state index contributed by atoms with van der Waals surface area (Å²) in [6, 6.07) is 9.86. The Morgan fingerprint density at radius 3 is 2.29 bits per heavy atom. The van der Waals surface area contributed by atoms with Gasteiger partial charge in [0.05, 0.1) is 13.0 Å². The molecule has 0 radical (unpaired) electrons. The molecule has 94 valence electrons. The van der Waals surface area contributed by atoms with Crippen molar-refractivity contribution in [1.29, 1.82) is 0 Å². The van der Waals surface area contributed by atoms with E-state index in [1.165, 1.54) is 7.11 Å². The molecule has 0 N–H and O–H groups in total. The first-order chi connectivity index (χ1) is 7.94. The Balaban J connectivity index is 2.79. The summed E-state index contributed by atoms with van der Waals surface area (Å²) in [5.41, 5.74) is 1.28. The molecular weight excluding hydrogens is 212 g/mol. The summed E-state index contributed by atoms with van der Waals surface area (Å²) in [4.78, 5) is 11.8. The first-order valence-electron chi connectivity index (χ1n) is 6.07. The van der Waals surface area contributed by atoms with Gasteiger partial charge in [0, 0.05) is 0 Å². The smallest absolute Gasteiger partial charge is 0.313 e. The molecule has 2 nitrogen and oxygen atoms in total. The van der Waals surface area contributed by atoms with Gasteiger partial charge in [0.15, 0.2) is 0 Å². The molecule has 0 fully saturated rings. The number of carbonyl (C=O) groups is 1. The summed E-state index contributed by atoms with van der Waals surface area (Å²) < 4.78 is 4.89. The van der Waals surface area contributed by atoms with E-state index in [-0.39, 0.29) is 17.3 Å². The SMILES string of the molecule is COC(=O)C(CCC(C)(C)C)c1ccccc1. The summed E-state index contributed by atoms with van der Waals surface area (Å²) in [5, 5.41) is 0. The molecule has 0 aliphatic carbocycles. The standard InChI is InChI=1S/C15H22O2/c1-15(2,3)11-10-13(14(16)17-4)12-8-6-5-7-9-12/h5-9,13H,10-11H2,1-4H3. The van der Waals surface area contributed by atoms with E-state index < -0.39 is 0 Å². The molecule has 2 heteroatoms. The maximum Gasteiger partial charge on any atom is 0.313 e. The summed E-state index contributed by atoms with van der Waals surface area (Å²) in [6.07, 6.45) is 1.84. The fraction of sp³-hybridized carbons (Fsp3) is 0.533. The molecule has 0 saturated carbocycles. The Kier molecular flexibility index (Phi) is 4.73. The van der Waals surface area contributed by atoms with E-state index in [0.29, 0.717) is 0 Å². The number of carbonyl (C=O) groups excluding carboxylic acids is 1. The molecule has 0 amide bonds. The average molecular weight is 234 g/mol. The van der Waals surface area contributed by atoms with Crippen molar-refractivity contribution in [3.05, 3.63) is 35.9 Å². The zero-order chi connectivity index (χ0) is 12.9. The third-order valence-corrected chi connectivity index (χ3v) is 2.87. The third-order valence-electron chi connectivity index (χ3n) is 2.87. The second-order valence-corrected chi connectivity index (χ2v) is 5.59. The van der Waals surface area contributed by atoms with E-state index in [4.69, 9.17) is 4.74 Å². The van der Waals surface area contributed by atoms with Crippen LogP contribution in [-0.4, -0.2) is 13.1 Å². The molecular formula is C15H22O2. The minimum Gasteiger partial charge on any atom is -0.469 e. The minimum absolute atomic E-state index is 0.138. The molecule has 17 heavy (non-hydrogen) atoms. The van der Waals surface area contributed by atoms with Crippen LogP contribution in [0.4, 0.5) is 0 Å². The van der Waals surface area contributed by atoms with Gasteiger partial charge in [0.1, 0.15) is 0 Å². The van der Waals surface area contributed by atoms with Gasteiger partial charge >= 0.3 is 5.97 Å². The maximum atomic E-state index is 11.8. The number of ether oxygens (including phenoxy) is 1. The van der Waals surface area contributed by atoms with Gasteiger partial charge in [-0.3, -0.25) is 4.79 Å². The minimum atomic E-state index is -0.138. The highest BCUT2D eigenvalue weighted by atomic mass is 16.5. The summed E-state index contributed by atoms with van der Waals surface area (Å²) >= 11 is 0. The first-order valence-corrected chi connectivity index (χ1v) is 6.07. The summed E-state index contributed by atoms with van der Waals surface area (Å²) in [5.74, 6) is -0.277. The van der Waals surface area contributed by atoms with E-state index >= 15 is 0 Å². The predicted octanol–water partition coefficient (Wildman–Crippen LogP) is 3.77. The predicted molar refractivity (Wildman–Crippen MR) is 69.9 cm³/mol. The van der Waals surface area contributed by atoms with Crippen molar-refractivity contribution in [2.75, 3.05) is 7.11 Å². The molecule has 0 bridgehead atoms. The zero-order valence-corrected chi connectivity index (χ0v) is 11.2. The Morgan fingerprint density at radius 2 is 1.82 bits per heavy atom. The Bertz CT molecular complexity index is 349. The van der Waals surface area contributed by atoms with E-state index in [1.807, 2.05) is 30.3 Å². The molecule has 0 heterocycles. The Morgan fingerprint density at radius 1 is 1.24 bits per heavy atom. The number of methoxy groups -OCH3 is 1. The van der Waals surface area contributed by atoms with Gasteiger partial charge < -0.3 is 4.74 Å². The highest BCUT2D eigenvalue weighted by molar-refractivity contribution is 5.77. The normalized spacial score (nSPS) is 13.2. The molecule has 1 aromatic rings. The average Bonchev–Trinajstić information content (AvgIpc) is 2.29. The van der Waals surface area contributed by atoms with Gasteiger partial charge in [-0.1, -0.05) is 51.1 Å². The van der Waals surface area contributed by atoms with Crippen LogP contribution in [0.15, 0.2) is 30.3 Å². The van der Waals surface area contributed by atoms with Crippen molar-refractivity contribution in [2.24, 2.45) is 5.41 Å². The van der Waals surface area contributed by atoms with Gasteiger partial charge in [-0.25, -0.2) is 0 Å². The van der Waals surface area contributed by atoms with Crippen LogP contribution < -0.4 is 0 Å². The molecule has 1 atom stereocenters. The van der Waals surface area contributed by atoms with Gasteiger partial charge in [0.25, 0.3) is 0 Å². The summed E-state index contributed by atoms with van der Waals surface area (Å²) in [6.45, 7) is 6.56. The van der Waals surface area contributed by atoms with Gasteiger partial charge in [-0.05, 0) is 23.8 Å².